The van der Waals surface area contributed by atoms with Crippen LogP contribution in [0.15, 0.2) is 35.3 Å². The van der Waals surface area contributed by atoms with Crippen molar-refractivity contribution in [2.24, 2.45) is 4.99 Å². The van der Waals surface area contributed by atoms with Crippen molar-refractivity contribution in [1.82, 2.24) is 15.1 Å². The van der Waals surface area contributed by atoms with Gasteiger partial charge < -0.3 is 20.0 Å². The third-order valence-corrected chi connectivity index (χ3v) is 4.72. The highest BCUT2D eigenvalue weighted by Gasteiger charge is 2.20. The van der Waals surface area contributed by atoms with Crippen molar-refractivity contribution >= 4 is 41.5 Å². The standard InChI is InChI=1S/C20H33N5O.HI/c1-4-21-20(25-16-14-24(15-17-25)18(2)26)22-12-8-9-13-23(3)19-10-6-5-7-11-19;/h5-7,10-11H,4,8-9,12-17H2,1-3H3,(H,21,22);1H. The van der Waals surface area contributed by atoms with Gasteiger partial charge in [0.05, 0.1) is 0 Å². The minimum Gasteiger partial charge on any atom is -0.375 e. The van der Waals surface area contributed by atoms with Crippen LogP contribution in [0.4, 0.5) is 5.69 Å². The fourth-order valence-corrected chi connectivity index (χ4v) is 3.12. The second-order valence-corrected chi connectivity index (χ2v) is 6.69. The number of aliphatic imine (C=N–C) groups is 1. The molecule has 6 nitrogen and oxygen atoms in total. The van der Waals surface area contributed by atoms with Crippen LogP contribution < -0.4 is 10.2 Å². The molecule has 2 rings (SSSR count). The van der Waals surface area contributed by atoms with Crippen molar-refractivity contribution in [2.45, 2.75) is 26.7 Å². The molecule has 0 atom stereocenters. The lowest BCUT2D eigenvalue weighted by molar-refractivity contribution is -0.130. The van der Waals surface area contributed by atoms with Gasteiger partial charge in [-0.25, -0.2) is 0 Å². The number of unbranched alkanes of at least 4 members (excludes halogenated alkanes) is 1. The number of guanidine groups is 1. The summed E-state index contributed by atoms with van der Waals surface area (Å²) < 4.78 is 0. The molecule has 0 unspecified atom stereocenters. The Morgan fingerprint density at radius 2 is 1.74 bits per heavy atom. The predicted molar refractivity (Wildman–Crippen MR) is 124 cm³/mol. The molecular weight excluding hydrogens is 453 g/mol. The first-order chi connectivity index (χ1) is 12.6. The minimum atomic E-state index is 0. The molecule has 27 heavy (non-hydrogen) atoms. The SMILES string of the molecule is CCNC(=NCCCCN(C)c1ccccc1)N1CCN(C(C)=O)CC1.I. The number of nitrogens with one attached hydrogen (secondary N) is 1. The van der Waals surface area contributed by atoms with Crippen molar-refractivity contribution in [2.75, 3.05) is 57.8 Å². The van der Waals surface area contributed by atoms with Gasteiger partial charge in [-0.1, -0.05) is 18.2 Å². The van der Waals surface area contributed by atoms with E-state index in [1.165, 1.54) is 5.69 Å². The van der Waals surface area contributed by atoms with E-state index in [9.17, 15) is 4.79 Å². The Labute approximate surface area is 181 Å². The molecule has 1 aliphatic rings. The van der Waals surface area contributed by atoms with Crippen LogP contribution in [0.5, 0.6) is 0 Å². The second-order valence-electron chi connectivity index (χ2n) is 6.69. The van der Waals surface area contributed by atoms with Gasteiger partial charge in [0.1, 0.15) is 0 Å². The van der Waals surface area contributed by atoms with Gasteiger partial charge in [-0.05, 0) is 31.9 Å². The van der Waals surface area contributed by atoms with Gasteiger partial charge >= 0.3 is 0 Å². The number of piperazine rings is 1. The quantitative estimate of drug-likeness (QED) is 0.278. The smallest absolute Gasteiger partial charge is 0.219 e. The summed E-state index contributed by atoms with van der Waals surface area (Å²) in [6, 6.07) is 10.5. The molecule has 0 radical (unpaired) electrons. The highest BCUT2D eigenvalue weighted by molar-refractivity contribution is 14.0. The molecule has 0 aliphatic carbocycles. The van der Waals surface area contributed by atoms with E-state index in [-0.39, 0.29) is 29.9 Å². The van der Waals surface area contributed by atoms with E-state index in [2.05, 4.69) is 53.4 Å². The molecule has 1 saturated heterocycles. The summed E-state index contributed by atoms with van der Waals surface area (Å²) in [6.45, 7) is 9.72. The average molecular weight is 487 g/mol. The van der Waals surface area contributed by atoms with Gasteiger partial charge in [-0.15, -0.1) is 24.0 Å². The normalized spacial score (nSPS) is 14.6. The molecular formula is C20H34IN5O. The molecule has 0 spiro atoms. The van der Waals surface area contributed by atoms with Crippen molar-refractivity contribution in [1.29, 1.82) is 0 Å². The van der Waals surface area contributed by atoms with Crippen LogP contribution in [0.2, 0.25) is 0 Å². The summed E-state index contributed by atoms with van der Waals surface area (Å²) in [5.41, 5.74) is 1.26. The molecule has 7 heteroatoms. The summed E-state index contributed by atoms with van der Waals surface area (Å²) >= 11 is 0. The maximum absolute atomic E-state index is 11.5. The number of carbonyl (C=O) groups is 1. The van der Waals surface area contributed by atoms with Gasteiger partial charge in [-0.3, -0.25) is 9.79 Å². The Balaban J connectivity index is 0.00000364. The molecule has 0 bridgehead atoms. The number of rotatable bonds is 7. The topological polar surface area (TPSA) is 51.2 Å². The molecule has 1 aliphatic heterocycles. The van der Waals surface area contributed by atoms with Crippen molar-refractivity contribution < 1.29 is 4.79 Å². The van der Waals surface area contributed by atoms with Gasteiger partial charge in [0.25, 0.3) is 0 Å². The first kappa shape index (κ1) is 23.5. The van der Waals surface area contributed by atoms with E-state index in [0.29, 0.717) is 0 Å². The molecule has 1 aromatic rings. The number of benzene rings is 1. The van der Waals surface area contributed by atoms with Crippen LogP contribution in [0.3, 0.4) is 0 Å². The van der Waals surface area contributed by atoms with Crippen LogP contribution in [0.25, 0.3) is 0 Å². The van der Waals surface area contributed by atoms with Crippen LogP contribution in [-0.2, 0) is 4.79 Å². The summed E-state index contributed by atoms with van der Waals surface area (Å²) in [7, 11) is 2.14. The molecule has 152 valence electrons. The summed E-state index contributed by atoms with van der Waals surface area (Å²) in [4.78, 5) is 22.7. The summed E-state index contributed by atoms with van der Waals surface area (Å²) in [6.07, 6.45) is 2.19. The molecule has 0 aromatic heterocycles. The second kappa shape index (κ2) is 12.8. The molecule has 1 heterocycles. The van der Waals surface area contributed by atoms with Crippen molar-refractivity contribution in [3.63, 3.8) is 0 Å². The van der Waals surface area contributed by atoms with E-state index in [1.54, 1.807) is 6.92 Å². The summed E-state index contributed by atoms with van der Waals surface area (Å²) in [5, 5.41) is 3.38. The van der Waals surface area contributed by atoms with Gasteiger partial charge in [0.15, 0.2) is 5.96 Å². The number of para-hydroxylation sites is 1. The third-order valence-electron chi connectivity index (χ3n) is 4.72. The Morgan fingerprint density at radius 3 is 2.33 bits per heavy atom. The number of nitrogens with zero attached hydrogens (tertiary/aromatic N) is 4. The number of halogens is 1. The lowest BCUT2D eigenvalue weighted by Gasteiger charge is -2.36. The van der Waals surface area contributed by atoms with E-state index in [4.69, 9.17) is 4.99 Å². The van der Waals surface area contributed by atoms with Crippen LogP contribution in [0.1, 0.15) is 26.7 Å². The Hall–Kier alpha value is -1.51. The summed E-state index contributed by atoms with van der Waals surface area (Å²) in [5.74, 6) is 1.14. The van der Waals surface area contributed by atoms with Gasteiger partial charge in [0, 0.05) is 65.5 Å². The Kier molecular flexibility index (Phi) is 11.2. The zero-order valence-electron chi connectivity index (χ0n) is 16.9. The van der Waals surface area contributed by atoms with E-state index < -0.39 is 0 Å². The predicted octanol–water partition coefficient (Wildman–Crippen LogP) is 2.65. The average Bonchev–Trinajstić information content (AvgIpc) is 2.67. The first-order valence-corrected chi connectivity index (χ1v) is 9.66. The molecule has 1 aromatic carbocycles. The first-order valence-electron chi connectivity index (χ1n) is 9.66. The minimum absolute atomic E-state index is 0. The maximum Gasteiger partial charge on any atom is 0.219 e. The monoisotopic (exact) mass is 487 g/mol. The molecule has 1 fully saturated rings. The number of anilines is 1. The zero-order valence-corrected chi connectivity index (χ0v) is 19.2. The largest absolute Gasteiger partial charge is 0.375 e. The van der Waals surface area contributed by atoms with Crippen LogP contribution in [0, 0.1) is 0 Å². The number of amides is 1. The fraction of sp³-hybridized carbons (Fsp3) is 0.600. The highest BCUT2D eigenvalue weighted by atomic mass is 127. The van der Waals surface area contributed by atoms with Crippen molar-refractivity contribution in [3.05, 3.63) is 30.3 Å². The van der Waals surface area contributed by atoms with Gasteiger partial charge in [0.2, 0.25) is 5.91 Å². The third kappa shape index (κ3) is 7.94. The number of hydrogen-bond acceptors (Lipinski definition) is 3. The number of carbonyl (C=O) groups excluding carboxylic acids is 1. The van der Waals surface area contributed by atoms with Gasteiger partial charge in [-0.2, -0.15) is 0 Å². The number of hydrogen-bond donors (Lipinski definition) is 1. The van der Waals surface area contributed by atoms with E-state index in [1.807, 2.05) is 11.0 Å². The Morgan fingerprint density at radius 1 is 1.11 bits per heavy atom. The Bertz CT molecular complexity index is 573. The fourth-order valence-electron chi connectivity index (χ4n) is 3.12. The van der Waals surface area contributed by atoms with E-state index in [0.717, 1.165) is 64.6 Å². The zero-order chi connectivity index (χ0) is 18.8. The maximum atomic E-state index is 11.5. The van der Waals surface area contributed by atoms with Crippen LogP contribution >= 0.6 is 24.0 Å². The molecule has 1 amide bonds. The lowest BCUT2D eigenvalue weighted by Crippen LogP contribution is -2.53. The molecule has 0 saturated carbocycles. The van der Waals surface area contributed by atoms with Crippen molar-refractivity contribution in [3.8, 4) is 0 Å². The lowest BCUT2D eigenvalue weighted by atomic mass is 10.2. The molecule has 1 N–H and O–H groups in total. The highest BCUT2D eigenvalue weighted by Crippen LogP contribution is 2.11. The van der Waals surface area contributed by atoms with E-state index >= 15 is 0 Å². The van der Waals surface area contributed by atoms with Crippen LogP contribution in [-0.4, -0.2) is 74.5 Å².